The molecule has 2 fully saturated rings. The number of likely N-dealkylation sites (N-methyl/N-ethyl adjacent to an activating group) is 1. The molecule has 2 saturated heterocycles. The Bertz CT molecular complexity index is 459. The lowest BCUT2D eigenvalue weighted by atomic mass is 9.97. The van der Waals surface area contributed by atoms with Gasteiger partial charge in [-0.2, -0.15) is 0 Å². The summed E-state index contributed by atoms with van der Waals surface area (Å²) in [5.41, 5.74) is 0. The zero-order valence-electron chi connectivity index (χ0n) is 12.8. The highest BCUT2D eigenvalue weighted by atomic mass is 19.1. The predicted molar refractivity (Wildman–Crippen MR) is 83.1 cm³/mol. The van der Waals surface area contributed by atoms with Crippen LogP contribution in [-0.4, -0.2) is 67.6 Å². The van der Waals surface area contributed by atoms with Gasteiger partial charge in [0.25, 0.3) is 0 Å². The van der Waals surface area contributed by atoms with Crippen molar-refractivity contribution in [2.24, 2.45) is 5.92 Å². The molecule has 3 heterocycles. The van der Waals surface area contributed by atoms with Crippen LogP contribution >= 0.6 is 0 Å². The summed E-state index contributed by atoms with van der Waals surface area (Å²) in [6.07, 6.45) is 4.06. The van der Waals surface area contributed by atoms with Crippen molar-refractivity contribution < 1.29 is 4.39 Å². The summed E-state index contributed by atoms with van der Waals surface area (Å²) in [5, 5.41) is 0. The summed E-state index contributed by atoms with van der Waals surface area (Å²) in [7, 11) is 2.18. The van der Waals surface area contributed by atoms with E-state index in [9.17, 15) is 4.39 Å². The Labute approximate surface area is 126 Å². The minimum Gasteiger partial charge on any atom is -0.354 e. The van der Waals surface area contributed by atoms with Crippen LogP contribution in [0.2, 0.25) is 0 Å². The maximum absolute atomic E-state index is 13.9. The van der Waals surface area contributed by atoms with Crippen LogP contribution in [0.3, 0.4) is 0 Å². The molecular formula is C16H25FN4. The molecule has 2 aliphatic rings. The molecule has 2 aliphatic heterocycles. The lowest BCUT2D eigenvalue weighted by Crippen LogP contribution is -2.48. The molecule has 1 unspecified atom stereocenters. The van der Waals surface area contributed by atoms with E-state index in [-0.39, 0.29) is 5.82 Å². The number of aromatic nitrogens is 1. The average molecular weight is 292 g/mol. The fourth-order valence-electron chi connectivity index (χ4n) is 3.41. The van der Waals surface area contributed by atoms with E-state index >= 15 is 0 Å². The zero-order valence-corrected chi connectivity index (χ0v) is 12.8. The van der Waals surface area contributed by atoms with Gasteiger partial charge in [0.2, 0.25) is 0 Å². The molecule has 116 valence electrons. The van der Waals surface area contributed by atoms with Crippen molar-refractivity contribution in [3.05, 3.63) is 24.1 Å². The molecule has 1 aromatic heterocycles. The second-order valence-corrected chi connectivity index (χ2v) is 6.37. The van der Waals surface area contributed by atoms with Gasteiger partial charge in [0.15, 0.2) is 11.6 Å². The third-order valence-electron chi connectivity index (χ3n) is 4.67. The lowest BCUT2D eigenvalue weighted by Gasteiger charge is -2.38. The second-order valence-electron chi connectivity index (χ2n) is 6.37. The molecule has 21 heavy (non-hydrogen) atoms. The first kappa shape index (κ1) is 14.7. The summed E-state index contributed by atoms with van der Waals surface area (Å²) in [6, 6.07) is 3.16. The van der Waals surface area contributed by atoms with E-state index in [4.69, 9.17) is 0 Å². The highest BCUT2D eigenvalue weighted by Crippen LogP contribution is 2.24. The second kappa shape index (κ2) is 6.71. The Kier molecular flexibility index (Phi) is 4.70. The molecule has 0 aromatic carbocycles. The number of halogens is 1. The fourth-order valence-corrected chi connectivity index (χ4v) is 3.41. The summed E-state index contributed by atoms with van der Waals surface area (Å²) in [6.45, 7) is 7.62. The fraction of sp³-hybridized carbons (Fsp3) is 0.688. The largest absolute Gasteiger partial charge is 0.354 e. The standard InChI is InChI=1S/C16H25FN4/c1-19-8-10-20(11-9-19)12-14-4-3-7-21(13-14)16-15(17)5-2-6-18-16/h2,5-6,14H,3-4,7-13H2,1H3. The molecule has 1 atom stereocenters. The summed E-state index contributed by atoms with van der Waals surface area (Å²) >= 11 is 0. The van der Waals surface area contributed by atoms with E-state index in [0.717, 1.165) is 52.2 Å². The SMILES string of the molecule is CN1CCN(CC2CCCN(c3ncccc3F)C2)CC1. The van der Waals surface area contributed by atoms with Gasteiger partial charge in [0.05, 0.1) is 0 Å². The Balaban J connectivity index is 1.57. The highest BCUT2D eigenvalue weighted by Gasteiger charge is 2.25. The summed E-state index contributed by atoms with van der Waals surface area (Å²) < 4.78 is 13.9. The van der Waals surface area contributed by atoms with Gasteiger partial charge in [-0.1, -0.05) is 0 Å². The number of rotatable bonds is 3. The van der Waals surface area contributed by atoms with E-state index in [0.29, 0.717) is 11.7 Å². The molecule has 0 saturated carbocycles. The van der Waals surface area contributed by atoms with Crippen molar-refractivity contribution in [3.8, 4) is 0 Å². The molecular weight excluding hydrogens is 267 g/mol. The molecule has 0 N–H and O–H groups in total. The number of anilines is 1. The van der Waals surface area contributed by atoms with E-state index in [1.54, 1.807) is 12.3 Å². The predicted octanol–water partition coefficient (Wildman–Crippen LogP) is 1.68. The van der Waals surface area contributed by atoms with E-state index < -0.39 is 0 Å². The molecule has 5 heteroatoms. The van der Waals surface area contributed by atoms with Crippen LogP contribution < -0.4 is 4.90 Å². The number of piperazine rings is 1. The van der Waals surface area contributed by atoms with Crippen LogP contribution in [0.1, 0.15) is 12.8 Å². The Morgan fingerprint density at radius 3 is 2.81 bits per heavy atom. The van der Waals surface area contributed by atoms with Crippen molar-refractivity contribution in [1.29, 1.82) is 0 Å². The van der Waals surface area contributed by atoms with Gasteiger partial charge >= 0.3 is 0 Å². The van der Waals surface area contributed by atoms with Crippen LogP contribution in [-0.2, 0) is 0 Å². The van der Waals surface area contributed by atoms with Gasteiger partial charge in [-0.3, -0.25) is 0 Å². The Hall–Kier alpha value is -1.20. The van der Waals surface area contributed by atoms with Crippen molar-refractivity contribution in [2.45, 2.75) is 12.8 Å². The number of piperidine rings is 1. The molecule has 1 aromatic rings. The normalized spacial score (nSPS) is 25.2. The Morgan fingerprint density at radius 2 is 2.05 bits per heavy atom. The van der Waals surface area contributed by atoms with Gasteiger partial charge in [0, 0.05) is 52.0 Å². The number of nitrogens with zero attached hydrogens (tertiary/aromatic N) is 4. The maximum atomic E-state index is 13.9. The van der Waals surface area contributed by atoms with Gasteiger partial charge in [0.1, 0.15) is 0 Å². The van der Waals surface area contributed by atoms with Crippen molar-refractivity contribution in [3.63, 3.8) is 0 Å². The molecule has 0 aliphatic carbocycles. The van der Waals surface area contributed by atoms with Gasteiger partial charge < -0.3 is 14.7 Å². The van der Waals surface area contributed by atoms with E-state index in [1.807, 2.05) is 0 Å². The Morgan fingerprint density at radius 1 is 1.24 bits per heavy atom. The minimum absolute atomic E-state index is 0.197. The van der Waals surface area contributed by atoms with E-state index in [1.165, 1.54) is 12.5 Å². The van der Waals surface area contributed by atoms with Crippen molar-refractivity contribution in [1.82, 2.24) is 14.8 Å². The molecule has 0 radical (unpaired) electrons. The van der Waals surface area contributed by atoms with Crippen LogP contribution in [0.4, 0.5) is 10.2 Å². The highest BCUT2D eigenvalue weighted by molar-refractivity contribution is 5.40. The average Bonchev–Trinajstić information content (AvgIpc) is 2.50. The van der Waals surface area contributed by atoms with Crippen LogP contribution in [0.5, 0.6) is 0 Å². The minimum atomic E-state index is -0.197. The molecule has 4 nitrogen and oxygen atoms in total. The van der Waals surface area contributed by atoms with Gasteiger partial charge in [-0.25, -0.2) is 9.37 Å². The monoisotopic (exact) mass is 292 g/mol. The first-order valence-electron chi connectivity index (χ1n) is 7.99. The van der Waals surface area contributed by atoms with Crippen LogP contribution in [0.25, 0.3) is 0 Å². The number of hydrogen-bond donors (Lipinski definition) is 0. The smallest absolute Gasteiger partial charge is 0.165 e. The summed E-state index contributed by atoms with van der Waals surface area (Å²) in [5.74, 6) is 0.960. The van der Waals surface area contributed by atoms with Crippen molar-refractivity contribution >= 4 is 5.82 Å². The number of hydrogen-bond acceptors (Lipinski definition) is 4. The lowest BCUT2D eigenvalue weighted by molar-refractivity contribution is 0.131. The molecule has 0 bridgehead atoms. The summed E-state index contributed by atoms with van der Waals surface area (Å²) in [4.78, 5) is 11.3. The number of pyridine rings is 1. The molecule has 0 amide bonds. The van der Waals surface area contributed by atoms with Gasteiger partial charge in [-0.15, -0.1) is 0 Å². The van der Waals surface area contributed by atoms with Crippen LogP contribution in [0, 0.1) is 11.7 Å². The quantitative estimate of drug-likeness (QED) is 0.845. The molecule has 0 spiro atoms. The first-order chi connectivity index (χ1) is 10.2. The van der Waals surface area contributed by atoms with Crippen molar-refractivity contribution in [2.75, 3.05) is 57.8 Å². The van der Waals surface area contributed by atoms with Crippen LogP contribution in [0.15, 0.2) is 18.3 Å². The first-order valence-corrected chi connectivity index (χ1v) is 7.99. The third-order valence-corrected chi connectivity index (χ3v) is 4.67. The topological polar surface area (TPSA) is 22.6 Å². The van der Waals surface area contributed by atoms with Gasteiger partial charge in [-0.05, 0) is 37.9 Å². The zero-order chi connectivity index (χ0) is 14.7. The molecule has 3 rings (SSSR count). The maximum Gasteiger partial charge on any atom is 0.165 e. The third kappa shape index (κ3) is 3.71. The van der Waals surface area contributed by atoms with E-state index in [2.05, 4.69) is 26.7 Å².